The maximum atomic E-state index is 12.4. The fourth-order valence-corrected chi connectivity index (χ4v) is 3.12. The second-order valence-electron chi connectivity index (χ2n) is 6.32. The molecule has 0 aromatic heterocycles. The summed E-state index contributed by atoms with van der Waals surface area (Å²) in [5.74, 6) is -0.195. The van der Waals surface area contributed by atoms with Crippen molar-refractivity contribution in [3.05, 3.63) is 59.7 Å². The highest BCUT2D eigenvalue weighted by Gasteiger charge is 2.18. The third-order valence-electron chi connectivity index (χ3n) is 4.18. The van der Waals surface area contributed by atoms with Crippen LogP contribution >= 0.6 is 0 Å². The minimum atomic E-state index is -3.74. The second-order valence-corrected chi connectivity index (χ2v) is 7.88. The molecule has 1 amide bonds. The number of hydrogen-bond acceptors (Lipinski definition) is 4. The molecule has 140 valence electrons. The van der Waals surface area contributed by atoms with Gasteiger partial charge in [0.25, 0.3) is 0 Å². The molecule has 0 spiro atoms. The number of rotatable bonds is 7. The molecule has 0 bridgehead atoms. The summed E-state index contributed by atoms with van der Waals surface area (Å²) in [6.07, 6.45) is 0.851. The van der Waals surface area contributed by atoms with E-state index in [1.54, 1.807) is 6.92 Å². The van der Waals surface area contributed by atoms with Gasteiger partial charge in [0.1, 0.15) is 0 Å². The number of nitrogens with two attached hydrogens (primary N) is 1. The summed E-state index contributed by atoms with van der Waals surface area (Å²) in [6, 6.07) is 13.6. The SMILES string of the molecule is CCC(NC(C)C(=O)Nc1ccc(S(N)(=O)=O)cc1)c1ccc(C)cc1. The van der Waals surface area contributed by atoms with Gasteiger partial charge in [-0.1, -0.05) is 36.8 Å². The van der Waals surface area contributed by atoms with Gasteiger partial charge in [0.2, 0.25) is 15.9 Å². The number of aryl methyl sites for hydroxylation is 1. The molecule has 0 radical (unpaired) electrons. The Balaban J connectivity index is 2.01. The molecule has 2 rings (SSSR count). The first-order valence-corrected chi connectivity index (χ1v) is 10.0. The van der Waals surface area contributed by atoms with Crippen molar-refractivity contribution in [3.63, 3.8) is 0 Å². The van der Waals surface area contributed by atoms with E-state index in [1.807, 2.05) is 6.92 Å². The Morgan fingerprint density at radius 3 is 2.15 bits per heavy atom. The van der Waals surface area contributed by atoms with E-state index in [0.717, 1.165) is 12.0 Å². The van der Waals surface area contributed by atoms with E-state index in [4.69, 9.17) is 5.14 Å². The third-order valence-corrected chi connectivity index (χ3v) is 5.11. The van der Waals surface area contributed by atoms with E-state index in [9.17, 15) is 13.2 Å². The summed E-state index contributed by atoms with van der Waals surface area (Å²) < 4.78 is 22.5. The summed E-state index contributed by atoms with van der Waals surface area (Å²) in [5.41, 5.74) is 2.84. The molecule has 0 saturated carbocycles. The van der Waals surface area contributed by atoms with Crippen molar-refractivity contribution in [3.8, 4) is 0 Å². The van der Waals surface area contributed by atoms with Crippen LogP contribution in [0.2, 0.25) is 0 Å². The van der Waals surface area contributed by atoms with Gasteiger partial charge in [-0.15, -0.1) is 0 Å². The molecule has 0 fully saturated rings. The Labute approximate surface area is 154 Å². The molecule has 0 aliphatic rings. The van der Waals surface area contributed by atoms with E-state index in [2.05, 4.69) is 41.8 Å². The summed E-state index contributed by atoms with van der Waals surface area (Å²) in [5, 5.41) is 11.2. The summed E-state index contributed by atoms with van der Waals surface area (Å²) >= 11 is 0. The highest BCUT2D eigenvalue weighted by Crippen LogP contribution is 2.18. The van der Waals surface area contributed by atoms with E-state index in [1.165, 1.54) is 29.8 Å². The average molecular weight is 375 g/mol. The molecule has 2 aromatic rings. The lowest BCUT2D eigenvalue weighted by atomic mass is 10.0. The molecule has 26 heavy (non-hydrogen) atoms. The van der Waals surface area contributed by atoms with Crippen molar-refractivity contribution in [1.29, 1.82) is 0 Å². The summed E-state index contributed by atoms with van der Waals surface area (Å²) in [7, 11) is -3.74. The Kier molecular flexibility index (Phi) is 6.52. The first-order chi connectivity index (χ1) is 12.2. The molecule has 2 unspecified atom stereocenters. The molecule has 2 aromatic carbocycles. The first-order valence-electron chi connectivity index (χ1n) is 8.47. The quantitative estimate of drug-likeness (QED) is 0.692. The number of anilines is 1. The highest BCUT2D eigenvalue weighted by molar-refractivity contribution is 7.89. The summed E-state index contributed by atoms with van der Waals surface area (Å²) in [4.78, 5) is 12.4. The lowest BCUT2D eigenvalue weighted by Crippen LogP contribution is -2.40. The number of carbonyl (C=O) groups excluding carboxylic acids is 1. The van der Waals surface area contributed by atoms with Gasteiger partial charge in [0.15, 0.2) is 0 Å². The van der Waals surface area contributed by atoms with Gasteiger partial charge in [0, 0.05) is 11.7 Å². The van der Waals surface area contributed by atoms with Gasteiger partial charge in [-0.05, 0) is 50.1 Å². The largest absolute Gasteiger partial charge is 0.325 e. The van der Waals surface area contributed by atoms with E-state index >= 15 is 0 Å². The number of nitrogens with one attached hydrogen (secondary N) is 2. The van der Waals surface area contributed by atoms with Gasteiger partial charge in [-0.2, -0.15) is 0 Å². The van der Waals surface area contributed by atoms with Crippen LogP contribution in [-0.4, -0.2) is 20.4 Å². The number of sulfonamides is 1. The number of primary sulfonamides is 1. The minimum absolute atomic E-state index is 0.00657. The molecule has 0 aliphatic carbocycles. The van der Waals surface area contributed by atoms with Crippen LogP contribution in [0.3, 0.4) is 0 Å². The molecule has 6 nitrogen and oxygen atoms in total. The molecule has 0 heterocycles. The van der Waals surface area contributed by atoms with Crippen LogP contribution < -0.4 is 15.8 Å². The van der Waals surface area contributed by atoms with E-state index < -0.39 is 16.1 Å². The van der Waals surface area contributed by atoms with E-state index in [0.29, 0.717) is 5.69 Å². The predicted molar refractivity (Wildman–Crippen MR) is 103 cm³/mol. The Hall–Kier alpha value is -2.22. The minimum Gasteiger partial charge on any atom is -0.325 e. The van der Waals surface area contributed by atoms with Crippen molar-refractivity contribution in [2.24, 2.45) is 5.14 Å². The Bertz CT molecular complexity index is 847. The molecule has 7 heteroatoms. The average Bonchev–Trinajstić information content (AvgIpc) is 2.60. The molecule has 0 saturated heterocycles. The van der Waals surface area contributed by atoms with Gasteiger partial charge < -0.3 is 5.32 Å². The normalized spacial score (nSPS) is 13.8. The van der Waals surface area contributed by atoms with Crippen LogP contribution in [0, 0.1) is 6.92 Å². The zero-order valence-corrected chi connectivity index (χ0v) is 16.0. The number of benzene rings is 2. The fraction of sp³-hybridized carbons (Fsp3) is 0.316. The third kappa shape index (κ3) is 5.39. The van der Waals surface area contributed by atoms with Gasteiger partial charge in [-0.25, -0.2) is 13.6 Å². The van der Waals surface area contributed by atoms with Crippen LogP contribution in [-0.2, 0) is 14.8 Å². The smallest absolute Gasteiger partial charge is 0.241 e. The van der Waals surface area contributed by atoms with Crippen LogP contribution in [0.5, 0.6) is 0 Å². The molecular formula is C19H25N3O3S. The van der Waals surface area contributed by atoms with Crippen molar-refractivity contribution in [1.82, 2.24) is 5.32 Å². The Morgan fingerprint density at radius 2 is 1.65 bits per heavy atom. The first kappa shape index (κ1) is 20.1. The standard InChI is InChI=1S/C19H25N3O3S/c1-4-18(15-7-5-13(2)6-8-15)21-14(3)19(23)22-16-9-11-17(12-10-16)26(20,24)25/h5-12,14,18,21H,4H2,1-3H3,(H,22,23)(H2,20,24,25). The number of amides is 1. The molecule has 2 atom stereocenters. The molecular weight excluding hydrogens is 350 g/mol. The van der Waals surface area contributed by atoms with Crippen molar-refractivity contribution in [2.75, 3.05) is 5.32 Å². The number of carbonyl (C=O) groups is 1. The van der Waals surface area contributed by atoms with Crippen molar-refractivity contribution >= 4 is 21.6 Å². The highest BCUT2D eigenvalue weighted by atomic mass is 32.2. The van der Waals surface area contributed by atoms with E-state index in [-0.39, 0.29) is 16.8 Å². The zero-order valence-electron chi connectivity index (χ0n) is 15.2. The van der Waals surface area contributed by atoms with Crippen LogP contribution in [0.4, 0.5) is 5.69 Å². The second kappa shape index (κ2) is 8.44. The van der Waals surface area contributed by atoms with Crippen LogP contribution in [0.1, 0.15) is 37.4 Å². The topological polar surface area (TPSA) is 101 Å². The van der Waals surface area contributed by atoms with Gasteiger partial charge in [0.05, 0.1) is 10.9 Å². The maximum Gasteiger partial charge on any atom is 0.241 e. The monoisotopic (exact) mass is 375 g/mol. The lowest BCUT2D eigenvalue weighted by Gasteiger charge is -2.22. The Morgan fingerprint density at radius 1 is 1.08 bits per heavy atom. The fourth-order valence-electron chi connectivity index (χ4n) is 2.60. The van der Waals surface area contributed by atoms with Crippen molar-refractivity contribution < 1.29 is 13.2 Å². The lowest BCUT2D eigenvalue weighted by molar-refractivity contribution is -0.118. The maximum absolute atomic E-state index is 12.4. The van der Waals surface area contributed by atoms with Crippen LogP contribution in [0.25, 0.3) is 0 Å². The number of hydrogen-bond donors (Lipinski definition) is 3. The van der Waals surface area contributed by atoms with Gasteiger partial charge >= 0.3 is 0 Å². The van der Waals surface area contributed by atoms with Crippen LogP contribution in [0.15, 0.2) is 53.4 Å². The molecule has 0 aliphatic heterocycles. The molecule has 4 N–H and O–H groups in total. The predicted octanol–water partition coefficient (Wildman–Crippen LogP) is 2.71. The zero-order chi connectivity index (χ0) is 19.3. The summed E-state index contributed by atoms with van der Waals surface area (Å²) in [6.45, 7) is 5.90. The van der Waals surface area contributed by atoms with Crippen molar-refractivity contribution in [2.45, 2.75) is 44.2 Å². The van der Waals surface area contributed by atoms with Gasteiger partial charge in [-0.3, -0.25) is 10.1 Å².